The first-order chi connectivity index (χ1) is 13.6. The minimum atomic E-state index is -0.291. The largest absolute Gasteiger partial charge is 0.466 e. The first-order valence-corrected chi connectivity index (χ1v) is 11.1. The molecular formula is C23H39N2O4. The number of carbonyl (C=O) groups excluding carboxylic acids is 1. The van der Waals surface area contributed by atoms with Gasteiger partial charge in [-0.2, -0.15) is 0 Å². The number of ether oxygens (including phenoxy) is 3. The lowest BCUT2D eigenvalue weighted by Crippen LogP contribution is -2.50. The van der Waals surface area contributed by atoms with Crippen LogP contribution in [0.1, 0.15) is 66.2 Å². The van der Waals surface area contributed by atoms with E-state index in [0.717, 1.165) is 38.5 Å². The zero-order valence-electron chi connectivity index (χ0n) is 18.6. The van der Waals surface area contributed by atoms with E-state index in [2.05, 4.69) is 51.3 Å². The average molecular weight is 408 g/mol. The summed E-state index contributed by atoms with van der Waals surface area (Å²) in [5, 5.41) is 6.66. The number of nitrogens with one attached hydrogen (secondary N) is 2. The molecule has 2 aliphatic carbocycles. The van der Waals surface area contributed by atoms with E-state index in [1.165, 1.54) is 0 Å². The predicted octanol–water partition coefficient (Wildman–Crippen LogP) is 4.17. The van der Waals surface area contributed by atoms with Gasteiger partial charge in [0.2, 0.25) is 6.29 Å². The summed E-state index contributed by atoms with van der Waals surface area (Å²) in [6.45, 7) is 14.7. The number of alkyl carbamates (subject to hydrolysis) is 1. The highest BCUT2D eigenvalue weighted by atomic mass is 16.7. The Morgan fingerprint density at radius 1 is 1.31 bits per heavy atom. The van der Waals surface area contributed by atoms with Crippen LogP contribution in [0.5, 0.6) is 0 Å². The zero-order chi connectivity index (χ0) is 21.1. The van der Waals surface area contributed by atoms with Crippen molar-refractivity contribution in [2.24, 2.45) is 16.7 Å². The molecule has 1 aliphatic heterocycles. The molecule has 1 heterocycles. The molecule has 165 valence electrons. The molecule has 6 nitrogen and oxygen atoms in total. The van der Waals surface area contributed by atoms with Crippen LogP contribution in [0.2, 0.25) is 0 Å². The van der Waals surface area contributed by atoms with Gasteiger partial charge in [-0.05, 0) is 55.3 Å². The highest BCUT2D eigenvalue weighted by Gasteiger charge is 2.41. The molecule has 5 atom stereocenters. The zero-order valence-corrected chi connectivity index (χ0v) is 18.6. The fraction of sp³-hybridized carbons (Fsp3) is 0.826. The van der Waals surface area contributed by atoms with E-state index >= 15 is 0 Å². The van der Waals surface area contributed by atoms with Gasteiger partial charge in [-0.3, -0.25) is 0 Å². The van der Waals surface area contributed by atoms with Gasteiger partial charge >= 0.3 is 6.09 Å². The molecule has 1 radical (unpaired) electrons. The maximum Gasteiger partial charge on any atom is 0.407 e. The van der Waals surface area contributed by atoms with Crippen LogP contribution in [0, 0.1) is 23.2 Å². The molecule has 3 aliphatic rings. The van der Waals surface area contributed by atoms with Crippen molar-refractivity contribution < 1.29 is 19.0 Å². The van der Waals surface area contributed by atoms with Crippen LogP contribution in [0.4, 0.5) is 4.79 Å². The lowest BCUT2D eigenvalue weighted by molar-refractivity contribution is -0.0356. The Labute approximate surface area is 176 Å². The average Bonchev–Trinajstić information content (AvgIpc) is 3.04. The summed E-state index contributed by atoms with van der Waals surface area (Å²) in [6.07, 6.45) is 7.80. The van der Waals surface area contributed by atoms with Crippen molar-refractivity contribution in [2.75, 3.05) is 19.7 Å². The van der Waals surface area contributed by atoms with Crippen molar-refractivity contribution in [3.05, 3.63) is 18.8 Å². The van der Waals surface area contributed by atoms with Crippen molar-refractivity contribution in [1.29, 1.82) is 0 Å². The molecule has 0 bridgehead atoms. The molecule has 2 N–H and O–H groups in total. The first-order valence-electron chi connectivity index (χ1n) is 11.1. The quantitative estimate of drug-likeness (QED) is 0.692. The second kappa shape index (κ2) is 9.25. The van der Waals surface area contributed by atoms with Crippen molar-refractivity contribution >= 4 is 6.09 Å². The fourth-order valence-corrected chi connectivity index (χ4v) is 5.36. The first kappa shape index (κ1) is 22.4. The third-order valence-corrected chi connectivity index (χ3v) is 6.41. The minimum absolute atomic E-state index is 0.0181. The second-order valence-electron chi connectivity index (χ2n) is 10.5. The van der Waals surface area contributed by atoms with Gasteiger partial charge in [0.05, 0.1) is 6.54 Å². The lowest BCUT2D eigenvalue weighted by Gasteiger charge is -2.47. The van der Waals surface area contributed by atoms with E-state index in [0.29, 0.717) is 37.4 Å². The number of amides is 1. The number of hydrogen-bond donors (Lipinski definition) is 2. The van der Waals surface area contributed by atoms with Crippen LogP contribution in [0.15, 0.2) is 12.3 Å². The molecule has 6 heteroatoms. The normalized spacial score (nSPS) is 37.0. The Bertz CT molecular complexity index is 585. The number of hydrogen-bond acceptors (Lipinski definition) is 5. The number of carbonyl (C=O) groups is 1. The third-order valence-electron chi connectivity index (χ3n) is 6.41. The molecule has 1 amide bonds. The minimum Gasteiger partial charge on any atom is -0.466 e. The Kier molecular flexibility index (Phi) is 7.15. The van der Waals surface area contributed by atoms with Gasteiger partial charge in [0, 0.05) is 19.0 Å². The monoisotopic (exact) mass is 407 g/mol. The summed E-state index contributed by atoms with van der Waals surface area (Å²) in [5.41, 5.74) is 0.217. The smallest absolute Gasteiger partial charge is 0.407 e. The van der Waals surface area contributed by atoms with Gasteiger partial charge in [-0.1, -0.05) is 34.3 Å². The molecular weight excluding hydrogens is 368 g/mol. The Hall–Kier alpha value is -1.27. The van der Waals surface area contributed by atoms with Crippen LogP contribution >= 0.6 is 0 Å². The van der Waals surface area contributed by atoms with Crippen LogP contribution in [0.25, 0.3) is 0 Å². The SMILES string of the molecule is C=C1COC(CNC2CC(C)(C)CC(C)(CNC(=O)OC3[CH]CC(C)CC3)C2)O1. The maximum absolute atomic E-state index is 12.3. The van der Waals surface area contributed by atoms with E-state index in [1.54, 1.807) is 0 Å². The van der Waals surface area contributed by atoms with E-state index < -0.39 is 0 Å². The summed E-state index contributed by atoms with van der Waals surface area (Å²) in [5.74, 6) is 1.39. The topological polar surface area (TPSA) is 68.8 Å². The molecule has 3 rings (SSSR count). The van der Waals surface area contributed by atoms with Crippen LogP contribution in [-0.4, -0.2) is 44.2 Å². The van der Waals surface area contributed by atoms with E-state index in [9.17, 15) is 4.79 Å². The highest BCUT2D eigenvalue weighted by Crippen LogP contribution is 2.45. The lowest BCUT2D eigenvalue weighted by atomic mass is 9.62. The van der Waals surface area contributed by atoms with E-state index in [1.807, 2.05) is 0 Å². The fourth-order valence-electron chi connectivity index (χ4n) is 5.36. The maximum atomic E-state index is 12.3. The summed E-state index contributed by atoms with van der Waals surface area (Å²) < 4.78 is 16.7. The predicted molar refractivity (Wildman–Crippen MR) is 113 cm³/mol. The molecule has 0 aromatic rings. The van der Waals surface area contributed by atoms with Crippen molar-refractivity contribution in [3.63, 3.8) is 0 Å². The van der Waals surface area contributed by atoms with Gasteiger partial charge < -0.3 is 24.8 Å². The molecule has 3 fully saturated rings. The molecule has 29 heavy (non-hydrogen) atoms. The van der Waals surface area contributed by atoms with Crippen LogP contribution in [-0.2, 0) is 14.2 Å². The summed E-state index contributed by atoms with van der Waals surface area (Å²) >= 11 is 0. The third kappa shape index (κ3) is 6.88. The molecule has 1 saturated heterocycles. The van der Waals surface area contributed by atoms with Gasteiger partial charge in [-0.15, -0.1) is 0 Å². The van der Waals surface area contributed by atoms with Crippen molar-refractivity contribution in [1.82, 2.24) is 10.6 Å². The van der Waals surface area contributed by atoms with E-state index in [-0.39, 0.29) is 29.3 Å². The number of rotatable bonds is 6. The van der Waals surface area contributed by atoms with E-state index in [4.69, 9.17) is 14.2 Å². The summed E-state index contributed by atoms with van der Waals surface area (Å²) in [6, 6.07) is 0.357. The Balaban J connectivity index is 1.46. The van der Waals surface area contributed by atoms with Crippen LogP contribution in [0.3, 0.4) is 0 Å². The molecule has 2 saturated carbocycles. The van der Waals surface area contributed by atoms with Gasteiger partial charge in [0.1, 0.15) is 18.5 Å². The van der Waals surface area contributed by atoms with Gasteiger partial charge in [0.25, 0.3) is 0 Å². The van der Waals surface area contributed by atoms with Gasteiger partial charge in [-0.25, -0.2) is 4.79 Å². The molecule has 0 aromatic heterocycles. The van der Waals surface area contributed by atoms with Crippen molar-refractivity contribution in [3.8, 4) is 0 Å². The summed E-state index contributed by atoms with van der Waals surface area (Å²) in [7, 11) is 0. The molecule has 5 unspecified atom stereocenters. The summed E-state index contributed by atoms with van der Waals surface area (Å²) in [4.78, 5) is 12.3. The standard InChI is InChI=1S/C23H39N2O4/c1-16-6-8-19(9-7-16)29-21(26)25-15-23(5)11-18(10-22(3,4)14-23)24-12-20-27-13-17(2)28-20/h8,16,18-20,24H,2,6-7,9-15H2,1,3-5H3,(H,25,26). The Morgan fingerprint density at radius 3 is 2.76 bits per heavy atom. The van der Waals surface area contributed by atoms with Crippen molar-refractivity contribution in [2.45, 2.75) is 84.7 Å². The van der Waals surface area contributed by atoms with Crippen LogP contribution < -0.4 is 10.6 Å². The molecule has 0 spiro atoms. The highest BCUT2D eigenvalue weighted by molar-refractivity contribution is 5.67. The van der Waals surface area contributed by atoms with Gasteiger partial charge in [0.15, 0.2) is 0 Å². The molecule has 0 aromatic carbocycles. The second-order valence-corrected chi connectivity index (χ2v) is 10.5. The Morgan fingerprint density at radius 2 is 2.10 bits per heavy atom.